The molecule has 1 aromatic rings. The third-order valence-corrected chi connectivity index (χ3v) is 3.80. The maximum atomic E-state index is 11.4. The number of carboxylic acid groups (broad SMARTS) is 1. The summed E-state index contributed by atoms with van der Waals surface area (Å²) in [6, 6.07) is -1.42. The van der Waals surface area contributed by atoms with E-state index in [1.165, 1.54) is 11.3 Å². The minimum absolute atomic E-state index is 0.0480. The fraction of sp³-hybridized carbons (Fsp3) is 0.429. The molecule has 0 saturated heterocycles. The van der Waals surface area contributed by atoms with Crippen molar-refractivity contribution in [2.75, 3.05) is 5.75 Å². The van der Waals surface area contributed by atoms with Crippen molar-refractivity contribution in [3.63, 3.8) is 0 Å². The van der Waals surface area contributed by atoms with Crippen LogP contribution >= 0.6 is 11.3 Å². The molecule has 0 bridgehead atoms. The lowest BCUT2D eigenvalue weighted by Gasteiger charge is -2.07. The van der Waals surface area contributed by atoms with Gasteiger partial charge in [0.25, 0.3) is 0 Å². The first-order valence-corrected chi connectivity index (χ1v) is 6.78. The molecule has 0 aliphatic carbocycles. The lowest BCUT2D eigenvalue weighted by Crippen LogP contribution is -2.41. The van der Waals surface area contributed by atoms with Gasteiger partial charge in [-0.3, -0.25) is 4.79 Å². The van der Waals surface area contributed by atoms with Crippen LogP contribution < -0.4 is 10.5 Å². The maximum absolute atomic E-state index is 11.4. The van der Waals surface area contributed by atoms with E-state index >= 15 is 0 Å². The first-order chi connectivity index (χ1) is 7.41. The molecule has 90 valence electrons. The topological polar surface area (TPSA) is 122 Å². The lowest BCUT2D eigenvalue weighted by atomic mass is 10.4. The number of aliphatic carboxylic acids is 1. The highest BCUT2D eigenvalue weighted by Gasteiger charge is 2.21. The highest BCUT2D eigenvalue weighted by Crippen LogP contribution is 2.03. The van der Waals surface area contributed by atoms with E-state index in [0.717, 1.165) is 0 Å². The van der Waals surface area contributed by atoms with E-state index in [9.17, 15) is 13.2 Å². The number of nitrogens with one attached hydrogen (secondary N) is 1. The van der Waals surface area contributed by atoms with Gasteiger partial charge in [0.1, 0.15) is 11.0 Å². The van der Waals surface area contributed by atoms with Crippen LogP contribution in [-0.2, 0) is 21.4 Å². The zero-order chi connectivity index (χ0) is 12.2. The minimum atomic E-state index is -3.69. The van der Waals surface area contributed by atoms with E-state index in [0.29, 0.717) is 5.01 Å². The fourth-order valence-corrected chi connectivity index (χ4v) is 2.62. The van der Waals surface area contributed by atoms with Crippen molar-refractivity contribution >= 4 is 27.3 Å². The van der Waals surface area contributed by atoms with E-state index in [1.54, 1.807) is 11.6 Å². The summed E-state index contributed by atoms with van der Waals surface area (Å²) in [5.74, 6) is -1.99. The predicted octanol–water partition coefficient (Wildman–Crippen LogP) is -1.03. The number of carboxylic acids is 1. The molecule has 9 heteroatoms. The Morgan fingerprint density at radius 1 is 1.69 bits per heavy atom. The van der Waals surface area contributed by atoms with E-state index in [-0.39, 0.29) is 6.54 Å². The van der Waals surface area contributed by atoms with Gasteiger partial charge in [-0.2, -0.15) is 0 Å². The molecule has 0 aliphatic heterocycles. The molecule has 0 spiro atoms. The molecule has 0 saturated carbocycles. The van der Waals surface area contributed by atoms with Crippen LogP contribution in [0.4, 0.5) is 0 Å². The molecule has 0 fully saturated rings. The Balaban J connectivity index is 2.49. The van der Waals surface area contributed by atoms with Crippen LogP contribution in [0.1, 0.15) is 5.01 Å². The molecule has 16 heavy (non-hydrogen) atoms. The second kappa shape index (κ2) is 5.34. The standard InChI is InChI=1S/C7H11N3O4S2/c8-5(7(11)12)4-16(13,14)10-3-6-9-1-2-15-6/h1-2,5,10H,3-4,8H2,(H,11,12). The van der Waals surface area contributed by atoms with E-state index in [1.807, 2.05) is 0 Å². The second-order valence-electron chi connectivity index (χ2n) is 2.97. The number of thiazole rings is 1. The molecule has 1 atom stereocenters. The third-order valence-electron chi connectivity index (χ3n) is 1.64. The Kier molecular flexibility index (Phi) is 4.35. The average molecular weight is 265 g/mol. The van der Waals surface area contributed by atoms with Crippen molar-refractivity contribution < 1.29 is 18.3 Å². The second-order valence-corrected chi connectivity index (χ2v) is 5.80. The summed E-state index contributed by atoms with van der Waals surface area (Å²) in [6.07, 6.45) is 1.55. The highest BCUT2D eigenvalue weighted by atomic mass is 32.2. The van der Waals surface area contributed by atoms with Gasteiger partial charge in [0.05, 0.1) is 12.3 Å². The van der Waals surface area contributed by atoms with Crippen LogP contribution in [0.25, 0.3) is 0 Å². The zero-order valence-corrected chi connectivity index (χ0v) is 9.79. The SMILES string of the molecule is NC(CS(=O)(=O)NCc1nccs1)C(=O)O. The van der Waals surface area contributed by atoms with Crippen LogP contribution in [0, 0.1) is 0 Å². The number of sulfonamides is 1. The van der Waals surface area contributed by atoms with Gasteiger partial charge < -0.3 is 10.8 Å². The zero-order valence-electron chi connectivity index (χ0n) is 8.16. The van der Waals surface area contributed by atoms with Crippen molar-refractivity contribution in [1.82, 2.24) is 9.71 Å². The van der Waals surface area contributed by atoms with Crippen LogP contribution in [-0.4, -0.2) is 36.3 Å². The third kappa shape index (κ3) is 4.23. The monoisotopic (exact) mass is 265 g/mol. The molecule has 7 nitrogen and oxygen atoms in total. The molecule has 4 N–H and O–H groups in total. The normalized spacial score (nSPS) is 13.6. The summed E-state index contributed by atoms with van der Waals surface area (Å²) in [7, 11) is -3.69. The molecule has 1 unspecified atom stereocenters. The van der Waals surface area contributed by atoms with E-state index < -0.39 is 27.8 Å². The van der Waals surface area contributed by atoms with Gasteiger partial charge in [-0.1, -0.05) is 0 Å². The summed E-state index contributed by atoms with van der Waals surface area (Å²) in [5.41, 5.74) is 5.12. The number of aromatic nitrogens is 1. The van der Waals surface area contributed by atoms with Gasteiger partial charge in [0.2, 0.25) is 10.0 Å². The van der Waals surface area contributed by atoms with Crippen LogP contribution in [0.5, 0.6) is 0 Å². The Bertz CT molecular complexity index is 442. The number of hydrogen-bond donors (Lipinski definition) is 3. The summed E-state index contributed by atoms with van der Waals surface area (Å²) in [4.78, 5) is 14.3. The Hall–Kier alpha value is -1.03. The van der Waals surface area contributed by atoms with Crippen LogP contribution in [0.15, 0.2) is 11.6 Å². The van der Waals surface area contributed by atoms with Crippen LogP contribution in [0.2, 0.25) is 0 Å². The Morgan fingerprint density at radius 2 is 2.38 bits per heavy atom. The summed E-state index contributed by atoms with van der Waals surface area (Å²) >= 11 is 1.30. The molecular formula is C7H11N3O4S2. The predicted molar refractivity (Wildman–Crippen MR) is 58.4 cm³/mol. The van der Waals surface area contributed by atoms with Crippen molar-refractivity contribution in [3.05, 3.63) is 16.6 Å². The smallest absolute Gasteiger partial charge is 0.321 e. The van der Waals surface area contributed by atoms with Crippen molar-refractivity contribution in [2.24, 2.45) is 5.73 Å². The molecule has 1 aromatic heterocycles. The van der Waals surface area contributed by atoms with Gasteiger partial charge in [-0.25, -0.2) is 18.1 Å². The number of hydrogen-bond acceptors (Lipinski definition) is 6. The van der Waals surface area contributed by atoms with Gasteiger partial charge in [-0.15, -0.1) is 11.3 Å². The fourth-order valence-electron chi connectivity index (χ4n) is 0.879. The first kappa shape index (κ1) is 13.0. The molecule has 1 heterocycles. The number of rotatable bonds is 6. The maximum Gasteiger partial charge on any atom is 0.321 e. The van der Waals surface area contributed by atoms with Crippen molar-refractivity contribution in [3.8, 4) is 0 Å². The van der Waals surface area contributed by atoms with Crippen LogP contribution in [0.3, 0.4) is 0 Å². The van der Waals surface area contributed by atoms with Gasteiger partial charge in [-0.05, 0) is 0 Å². The highest BCUT2D eigenvalue weighted by molar-refractivity contribution is 7.89. The number of carbonyl (C=O) groups is 1. The largest absolute Gasteiger partial charge is 0.480 e. The van der Waals surface area contributed by atoms with Gasteiger partial charge >= 0.3 is 5.97 Å². The molecule has 0 aliphatic rings. The summed E-state index contributed by atoms with van der Waals surface area (Å²) in [6.45, 7) is 0.0480. The molecule has 1 rings (SSSR count). The molecular weight excluding hydrogens is 254 g/mol. The van der Waals surface area contributed by atoms with E-state index in [4.69, 9.17) is 10.8 Å². The first-order valence-electron chi connectivity index (χ1n) is 4.25. The Labute approximate surface area is 96.4 Å². The summed E-state index contributed by atoms with van der Waals surface area (Å²) < 4.78 is 25.0. The number of nitrogens with two attached hydrogens (primary N) is 1. The van der Waals surface area contributed by atoms with Crippen molar-refractivity contribution in [1.29, 1.82) is 0 Å². The van der Waals surface area contributed by atoms with Crippen molar-refractivity contribution in [2.45, 2.75) is 12.6 Å². The molecule has 0 radical (unpaired) electrons. The average Bonchev–Trinajstić information content (AvgIpc) is 2.66. The lowest BCUT2D eigenvalue weighted by molar-refractivity contribution is -0.137. The molecule has 0 amide bonds. The van der Waals surface area contributed by atoms with E-state index in [2.05, 4.69) is 9.71 Å². The van der Waals surface area contributed by atoms with Gasteiger partial charge in [0.15, 0.2) is 0 Å². The molecule has 0 aromatic carbocycles. The summed E-state index contributed by atoms with van der Waals surface area (Å²) in [5, 5.41) is 10.8. The minimum Gasteiger partial charge on any atom is -0.480 e. The van der Waals surface area contributed by atoms with Gasteiger partial charge in [0, 0.05) is 11.6 Å². The number of nitrogens with zero attached hydrogens (tertiary/aromatic N) is 1. The quantitative estimate of drug-likeness (QED) is 0.604. The Morgan fingerprint density at radius 3 is 2.88 bits per heavy atom.